The third-order valence-electron chi connectivity index (χ3n) is 3.33. The lowest BCUT2D eigenvalue weighted by Crippen LogP contribution is -2.49. The first-order chi connectivity index (χ1) is 9.63. The number of phenols is 1. The molecule has 1 aliphatic heterocycles. The van der Waals surface area contributed by atoms with Crippen molar-refractivity contribution in [2.75, 3.05) is 24.5 Å². The molecule has 0 bridgehead atoms. The molecule has 0 radical (unpaired) electrons. The molecule has 1 aliphatic rings. The summed E-state index contributed by atoms with van der Waals surface area (Å²) in [6.07, 6.45) is 0. The van der Waals surface area contributed by atoms with Gasteiger partial charge in [0.2, 0.25) is 5.95 Å². The van der Waals surface area contributed by atoms with Crippen molar-refractivity contribution in [1.29, 1.82) is 0 Å². The highest BCUT2D eigenvalue weighted by atomic mass is 35.5. The third kappa shape index (κ3) is 2.57. The topological polar surface area (TPSA) is 77.1 Å². The summed E-state index contributed by atoms with van der Waals surface area (Å²) >= 11 is 6.13. The van der Waals surface area contributed by atoms with Crippen molar-refractivity contribution in [2.24, 2.45) is 0 Å². The van der Waals surface area contributed by atoms with Gasteiger partial charge in [0.25, 0.3) is 0 Å². The van der Waals surface area contributed by atoms with Gasteiger partial charge in [-0.2, -0.15) is 4.98 Å². The number of piperazine rings is 1. The molecule has 0 amide bonds. The maximum Gasteiger partial charge on any atom is 0.245 e. The molecule has 3 rings (SSSR count). The number of phenolic OH excluding ortho intramolecular Hbond substituents is 1. The van der Waals surface area contributed by atoms with E-state index in [0.717, 1.165) is 19.6 Å². The Hall–Kier alpha value is -1.79. The number of aromatic hydroxyl groups is 1. The van der Waals surface area contributed by atoms with Crippen LogP contribution in [-0.2, 0) is 0 Å². The zero-order valence-corrected chi connectivity index (χ0v) is 11.9. The minimum atomic E-state index is 0.151. The second-order valence-electron chi connectivity index (χ2n) is 4.95. The van der Waals surface area contributed by atoms with Crippen LogP contribution in [0.15, 0.2) is 18.2 Å². The number of hydrogen-bond donors (Lipinski definition) is 3. The van der Waals surface area contributed by atoms with Crippen molar-refractivity contribution in [3.8, 4) is 17.1 Å². The van der Waals surface area contributed by atoms with E-state index in [2.05, 4.69) is 32.3 Å². The van der Waals surface area contributed by atoms with E-state index in [-0.39, 0.29) is 5.75 Å². The van der Waals surface area contributed by atoms with Gasteiger partial charge in [0.15, 0.2) is 5.82 Å². The van der Waals surface area contributed by atoms with Crippen LogP contribution in [0.1, 0.15) is 6.92 Å². The smallest absolute Gasteiger partial charge is 0.245 e. The number of aromatic nitrogens is 3. The van der Waals surface area contributed by atoms with E-state index in [1.807, 2.05) is 0 Å². The predicted octanol–water partition coefficient (Wildman–Crippen LogP) is 1.63. The lowest BCUT2D eigenvalue weighted by atomic mass is 10.2. The number of hydrogen-bond acceptors (Lipinski definition) is 5. The molecule has 2 heterocycles. The molecule has 1 unspecified atom stereocenters. The number of benzene rings is 1. The zero-order valence-electron chi connectivity index (χ0n) is 11.1. The minimum Gasteiger partial charge on any atom is -0.508 e. The van der Waals surface area contributed by atoms with Crippen molar-refractivity contribution >= 4 is 17.5 Å². The molecule has 106 valence electrons. The quantitative estimate of drug-likeness (QED) is 0.784. The fraction of sp³-hybridized carbons (Fsp3) is 0.385. The fourth-order valence-electron chi connectivity index (χ4n) is 2.32. The van der Waals surface area contributed by atoms with E-state index < -0.39 is 0 Å². The van der Waals surface area contributed by atoms with Crippen LogP contribution in [0, 0.1) is 0 Å². The van der Waals surface area contributed by atoms with E-state index in [4.69, 9.17) is 11.6 Å². The Balaban J connectivity index is 1.88. The lowest BCUT2D eigenvalue weighted by Gasteiger charge is -2.30. The second kappa shape index (κ2) is 5.30. The molecule has 1 atom stereocenters. The highest BCUT2D eigenvalue weighted by Crippen LogP contribution is 2.29. The van der Waals surface area contributed by atoms with Crippen LogP contribution in [-0.4, -0.2) is 46.0 Å². The van der Waals surface area contributed by atoms with Crippen LogP contribution in [0.3, 0.4) is 0 Å². The van der Waals surface area contributed by atoms with Gasteiger partial charge in [0, 0.05) is 31.2 Å². The second-order valence-corrected chi connectivity index (χ2v) is 5.36. The maximum atomic E-state index is 9.55. The van der Waals surface area contributed by atoms with Gasteiger partial charge in [-0.3, -0.25) is 5.10 Å². The van der Waals surface area contributed by atoms with Crippen molar-refractivity contribution in [3.05, 3.63) is 23.2 Å². The highest BCUT2D eigenvalue weighted by Gasteiger charge is 2.20. The van der Waals surface area contributed by atoms with Crippen molar-refractivity contribution in [2.45, 2.75) is 13.0 Å². The predicted molar refractivity (Wildman–Crippen MR) is 78.2 cm³/mol. The SMILES string of the molecule is CC1CN(c2n[nH]c(-c3cc(O)ccc3Cl)n2)CCN1. The number of nitrogens with zero attached hydrogens (tertiary/aromatic N) is 3. The summed E-state index contributed by atoms with van der Waals surface area (Å²) in [6, 6.07) is 5.17. The summed E-state index contributed by atoms with van der Waals surface area (Å²) in [5.74, 6) is 1.37. The molecule has 1 aromatic heterocycles. The highest BCUT2D eigenvalue weighted by molar-refractivity contribution is 6.33. The van der Waals surface area contributed by atoms with Crippen LogP contribution in [0.25, 0.3) is 11.4 Å². The summed E-state index contributed by atoms with van der Waals surface area (Å²) in [4.78, 5) is 6.60. The number of aromatic amines is 1. The minimum absolute atomic E-state index is 0.151. The lowest BCUT2D eigenvalue weighted by molar-refractivity contribution is 0.475. The van der Waals surface area contributed by atoms with Gasteiger partial charge >= 0.3 is 0 Å². The number of H-pyrrole nitrogens is 1. The number of rotatable bonds is 2. The largest absolute Gasteiger partial charge is 0.508 e. The van der Waals surface area contributed by atoms with Crippen molar-refractivity contribution in [3.63, 3.8) is 0 Å². The average Bonchev–Trinajstić information content (AvgIpc) is 2.91. The van der Waals surface area contributed by atoms with E-state index in [1.54, 1.807) is 18.2 Å². The molecular formula is C13H16ClN5O. The molecule has 3 N–H and O–H groups in total. The van der Waals surface area contributed by atoms with Gasteiger partial charge in [-0.25, -0.2) is 0 Å². The Bertz CT molecular complexity index is 615. The van der Waals surface area contributed by atoms with E-state index in [1.165, 1.54) is 0 Å². The molecule has 0 spiro atoms. The molecule has 1 fully saturated rings. The van der Waals surface area contributed by atoms with Crippen LogP contribution >= 0.6 is 11.6 Å². The van der Waals surface area contributed by atoms with Crippen LogP contribution < -0.4 is 10.2 Å². The zero-order chi connectivity index (χ0) is 14.1. The Labute approximate surface area is 121 Å². The molecule has 2 aromatic rings. The Morgan fingerprint density at radius 3 is 3.10 bits per heavy atom. The van der Waals surface area contributed by atoms with Gasteiger partial charge in [-0.1, -0.05) is 11.6 Å². The number of nitrogens with one attached hydrogen (secondary N) is 2. The van der Waals surface area contributed by atoms with Gasteiger partial charge < -0.3 is 15.3 Å². The summed E-state index contributed by atoms with van der Waals surface area (Å²) in [6.45, 7) is 4.78. The molecule has 6 nitrogen and oxygen atoms in total. The molecule has 20 heavy (non-hydrogen) atoms. The number of halogens is 1. The summed E-state index contributed by atoms with van der Waals surface area (Å²) in [5.41, 5.74) is 0.647. The first-order valence-electron chi connectivity index (χ1n) is 6.53. The van der Waals surface area contributed by atoms with E-state index in [9.17, 15) is 5.11 Å². The normalized spacial score (nSPS) is 19.3. The molecule has 0 saturated carbocycles. The first kappa shape index (κ1) is 13.2. The van der Waals surface area contributed by atoms with Crippen molar-refractivity contribution < 1.29 is 5.11 Å². The van der Waals surface area contributed by atoms with Gasteiger partial charge in [0.1, 0.15) is 5.75 Å². The third-order valence-corrected chi connectivity index (χ3v) is 3.66. The Morgan fingerprint density at radius 2 is 2.30 bits per heavy atom. The molecule has 1 saturated heterocycles. The molecule has 7 heteroatoms. The van der Waals surface area contributed by atoms with Crippen molar-refractivity contribution in [1.82, 2.24) is 20.5 Å². The standard InChI is InChI=1S/C13H16ClN5O/c1-8-7-19(5-4-15-8)13-16-12(17-18-13)10-6-9(20)2-3-11(10)14/h2-3,6,8,15,20H,4-5,7H2,1H3,(H,16,17,18). The Morgan fingerprint density at radius 1 is 1.45 bits per heavy atom. The molecule has 0 aliphatic carbocycles. The average molecular weight is 294 g/mol. The number of anilines is 1. The molecule has 1 aromatic carbocycles. The van der Waals surface area contributed by atoms with E-state index in [0.29, 0.717) is 28.4 Å². The first-order valence-corrected chi connectivity index (χ1v) is 6.91. The van der Waals surface area contributed by atoms with Crippen LogP contribution in [0.2, 0.25) is 5.02 Å². The van der Waals surface area contributed by atoms with Gasteiger partial charge in [-0.05, 0) is 25.1 Å². The van der Waals surface area contributed by atoms with Crippen LogP contribution in [0.5, 0.6) is 5.75 Å². The maximum absolute atomic E-state index is 9.55. The Kier molecular flexibility index (Phi) is 3.50. The summed E-state index contributed by atoms with van der Waals surface area (Å²) < 4.78 is 0. The summed E-state index contributed by atoms with van der Waals surface area (Å²) in [7, 11) is 0. The molecular weight excluding hydrogens is 278 g/mol. The fourth-order valence-corrected chi connectivity index (χ4v) is 2.53. The monoisotopic (exact) mass is 293 g/mol. The van der Waals surface area contributed by atoms with Crippen LogP contribution in [0.4, 0.5) is 5.95 Å². The van der Waals surface area contributed by atoms with Gasteiger partial charge in [-0.15, -0.1) is 5.10 Å². The van der Waals surface area contributed by atoms with E-state index >= 15 is 0 Å². The summed E-state index contributed by atoms with van der Waals surface area (Å²) in [5, 5.41) is 20.6. The van der Waals surface area contributed by atoms with Gasteiger partial charge in [0.05, 0.1) is 5.02 Å².